The molecule has 0 saturated carbocycles. The van der Waals surface area contributed by atoms with Crippen LogP contribution in [-0.4, -0.2) is 18.7 Å². The summed E-state index contributed by atoms with van der Waals surface area (Å²) in [5.74, 6) is 1.01. The van der Waals surface area contributed by atoms with Crippen LogP contribution in [0.25, 0.3) is 11.2 Å². The Hall–Kier alpha value is -2.63. The molecular formula is C18H22N4O2. The molecule has 0 aliphatic heterocycles. The largest absolute Gasteiger partial charge is 0.332 e. The van der Waals surface area contributed by atoms with Crippen LogP contribution in [0.4, 0.5) is 0 Å². The van der Waals surface area contributed by atoms with Gasteiger partial charge >= 0.3 is 5.69 Å². The molecule has 6 nitrogen and oxygen atoms in total. The Morgan fingerprint density at radius 2 is 1.75 bits per heavy atom. The van der Waals surface area contributed by atoms with Crippen molar-refractivity contribution >= 4 is 11.2 Å². The Bertz CT molecular complexity index is 994. The van der Waals surface area contributed by atoms with Crippen LogP contribution in [0.1, 0.15) is 25.2 Å². The third-order valence-corrected chi connectivity index (χ3v) is 4.15. The molecule has 0 aliphatic carbocycles. The lowest BCUT2D eigenvalue weighted by molar-refractivity contribution is 0.500. The van der Waals surface area contributed by atoms with Crippen LogP contribution in [0.15, 0.2) is 39.9 Å². The fraction of sp³-hybridized carbons (Fsp3) is 0.389. The molecule has 0 fully saturated rings. The van der Waals surface area contributed by atoms with Crippen LogP contribution < -0.4 is 11.2 Å². The Kier molecular flexibility index (Phi) is 4.13. The zero-order chi connectivity index (χ0) is 17.4. The van der Waals surface area contributed by atoms with Gasteiger partial charge in [-0.1, -0.05) is 44.2 Å². The van der Waals surface area contributed by atoms with Gasteiger partial charge in [-0.05, 0) is 18.4 Å². The fourth-order valence-corrected chi connectivity index (χ4v) is 2.95. The van der Waals surface area contributed by atoms with Crippen molar-refractivity contribution in [2.24, 2.45) is 13.0 Å². The Balaban J connectivity index is 2.29. The molecule has 0 atom stereocenters. The fourth-order valence-electron chi connectivity index (χ4n) is 2.95. The normalized spacial score (nSPS) is 11.5. The maximum Gasteiger partial charge on any atom is 0.332 e. The summed E-state index contributed by atoms with van der Waals surface area (Å²) in [5.41, 5.74) is 1.44. The molecule has 0 radical (unpaired) electrons. The molecular weight excluding hydrogens is 304 g/mol. The molecule has 0 unspecified atom stereocenters. The van der Waals surface area contributed by atoms with Gasteiger partial charge in [0.1, 0.15) is 5.82 Å². The van der Waals surface area contributed by atoms with E-state index in [4.69, 9.17) is 0 Å². The highest BCUT2D eigenvalue weighted by Crippen LogP contribution is 2.14. The Labute approximate surface area is 140 Å². The molecule has 0 spiro atoms. The number of aromatic nitrogens is 4. The molecule has 0 aliphatic rings. The third kappa shape index (κ3) is 2.68. The van der Waals surface area contributed by atoms with Gasteiger partial charge in [-0.25, -0.2) is 9.78 Å². The number of benzene rings is 1. The topological polar surface area (TPSA) is 61.8 Å². The second kappa shape index (κ2) is 6.11. The van der Waals surface area contributed by atoms with Crippen molar-refractivity contribution in [3.05, 3.63) is 62.6 Å². The average molecular weight is 326 g/mol. The Morgan fingerprint density at radius 3 is 2.38 bits per heavy atom. The highest BCUT2D eigenvalue weighted by molar-refractivity contribution is 5.71. The number of aryl methyl sites for hydroxylation is 1. The SMILES string of the molecule is Cc1nc2c(c(=O)n(C)c(=O)n2CC(C)C)n1Cc1ccccc1. The summed E-state index contributed by atoms with van der Waals surface area (Å²) in [7, 11) is 1.52. The van der Waals surface area contributed by atoms with E-state index in [0.29, 0.717) is 24.3 Å². The molecule has 0 N–H and O–H groups in total. The zero-order valence-electron chi connectivity index (χ0n) is 14.5. The zero-order valence-corrected chi connectivity index (χ0v) is 14.5. The van der Waals surface area contributed by atoms with E-state index in [2.05, 4.69) is 4.98 Å². The van der Waals surface area contributed by atoms with E-state index in [9.17, 15) is 9.59 Å². The van der Waals surface area contributed by atoms with Crippen molar-refractivity contribution in [3.63, 3.8) is 0 Å². The van der Waals surface area contributed by atoms with Gasteiger partial charge in [0.05, 0.1) is 0 Å². The van der Waals surface area contributed by atoms with Gasteiger partial charge in [0.25, 0.3) is 5.56 Å². The van der Waals surface area contributed by atoms with Gasteiger partial charge in [0.2, 0.25) is 0 Å². The van der Waals surface area contributed by atoms with E-state index in [1.165, 1.54) is 11.6 Å². The number of hydrogen-bond acceptors (Lipinski definition) is 3. The number of hydrogen-bond donors (Lipinski definition) is 0. The smallest absolute Gasteiger partial charge is 0.318 e. The minimum absolute atomic E-state index is 0.281. The van der Waals surface area contributed by atoms with Crippen LogP contribution >= 0.6 is 0 Å². The number of imidazole rings is 1. The Morgan fingerprint density at radius 1 is 1.08 bits per heavy atom. The van der Waals surface area contributed by atoms with Gasteiger partial charge < -0.3 is 4.57 Å². The van der Waals surface area contributed by atoms with Crippen molar-refractivity contribution < 1.29 is 0 Å². The number of rotatable bonds is 4. The molecule has 24 heavy (non-hydrogen) atoms. The molecule has 3 rings (SSSR count). The lowest BCUT2D eigenvalue weighted by Gasteiger charge is -2.12. The quantitative estimate of drug-likeness (QED) is 0.736. The maximum absolute atomic E-state index is 12.7. The minimum atomic E-state index is -0.314. The van der Waals surface area contributed by atoms with Crippen LogP contribution in [0, 0.1) is 12.8 Å². The molecule has 0 amide bonds. The van der Waals surface area contributed by atoms with Crippen molar-refractivity contribution in [1.82, 2.24) is 18.7 Å². The van der Waals surface area contributed by atoms with E-state index in [-0.39, 0.29) is 17.2 Å². The van der Waals surface area contributed by atoms with E-state index in [1.807, 2.05) is 55.7 Å². The van der Waals surface area contributed by atoms with Crippen molar-refractivity contribution in [2.45, 2.75) is 33.9 Å². The lowest BCUT2D eigenvalue weighted by Crippen LogP contribution is -2.39. The van der Waals surface area contributed by atoms with E-state index >= 15 is 0 Å². The van der Waals surface area contributed by atoms with Crippen LogP contribution in [-0.2, 0) is 20.1 Å². The highest BCUT2D eigenvalue weighted by Gasteiger charge is 2.19. The summed E-state index contributed by atoms with van der Waals surface area (Å²) in [6.45, 7) is 7.03. The molecule has 0 bridgehead atoms. The summed E-state index contributed by atoms with van der Waals surface area (Å²) in [6, 6.07) is 9.93. The third-order valence-electron chi connectivity index (χ3n) is 4.15. The predicted molar refractivity (Wildman–Crippen MR) is 94.4 cm³/mol. The monoisotopic (exact) mass is 326 g/mol. The summed E-state index contributed by atoms with van der Waals surface area (Å²) >= 11 is 0. The molecule has 126 valence electrons. The second-order valence-corrected chi connectivity index (χ2v) is 6.55. The second-order valence-electron chi connectivity index (χ2n) is 6.55. The average Bonchev–Trinajstić information content (AvgIpc) is 2.87. The van der Waals surface area contributed by atoms with Crippen molar-refractivity contribution in [2.75, 3.05) is 0 Å². The van der Waals surface area contributed by atoms with E-state index in [1.54, 1.807) is 4.57 Å². The molecule has 6 heteroatoms. The first-order valence-electron chi connectivity index (χ1n) is 8.10. The summed E-state index contributed by atoms with van der Waals surface area (Å²) in [4.78, 5) is 29.7. The number of fused-ring (bicyclic) bond motifs is 1. The molecule has 2 aromatic heterocycles. The van der Waals surface area contributed by atoms with Gasteiger partial charge in [0.15, 0.2) is 11.2 Å². The summed E-state index contributed by atoms with van der Waals surface area (Å²) in [5, 5.41) is 0. The molecule has 2 heterocycles. The number of nitrogens with zero attached hydrogens (tertiary/aromatic N) is 4. The van der Waals surface area contributed by atoms with Crippen LogP contribution in [0.3, 0.4) is 0 Å². The first-order valence-corrected chi connectivity index (χ1v) is 8.10. The van der Waals surface area contributed by atoms with Gasteiger partial charge in [0, 0.05) is 20.1 Å². The minimum Gasteiger partial charge on any atom is -0.318 e. The first-order chi connectivity index (χ1) is 11.4. The first kappa shape index (κ1) is 16.2. The molecule has 1 aromatic carbocycles. The van der Waals surface area contributed by atoms with Gasteiger partial charge in [-0.2, -0.15) is 0 Å². The maximum atomic E-state index is 12.7. The van der Waals surface area contributed by atoms with Gasteiger partial charge in [-0.3, -0.25) is 13.9 Å². The van der Waals surface area contributed by atoms with Crippen molar-refractivity contribution in [3.8, 4) is 0 Å². The standard InChI is InChI=1S/C18H22N4O2/c1-12(2)10-22-16-15(17(23)20(4)18(22)24)21(13(3)19-16)11-14-8-6-5-7-9-14/h5-9,12H,10-11H2,1-4H3. The lowest BCUT2D eigenvalue weighted by atomic mass is 10.2. The van der Waals surface area contributed by atoms with E-state index in [0.717, 1.165) is 11.4 Å². The van der Waals surface area contributed by atoms with Crippen LogP contribution in [0.2, 0.25) is 0 Å². The van der Waals surface area contributed by atoms with E-state index < -0.39 is 0 Å². The summed E-state index contributed by atoms with van der Waals surface area (Å²) in [6.07, 6.45) is 0. The summed E-state index contributed by atoms with van der Waals surface area (Å²) < 4.78 is 4.67. The van der Waals surface area contributed by atoms with Gasteiger partial charge in [-0.15, -0.1) is 0 Å². The highest BCUT2D eigenvalue weighted by atomic mass is 16.2. The van der Waals surface area contributed by atoms with Crippen LogP contribution in [0.5, 0.6) is 0 Å². The molecule has 0 saturated heterocycles. The molecule has 3 aromatic rings. The van der Waals surface area contributed by atoms with Crippen molar-refractivity contribution in [1.29, 1.82) is 0 Å². The predicted octanol–water partition coefficient (Wildman–Crippen LogP) is 1.91.